The van der Waals surface area contributed by atoms with E-state index in [1.165, 1.54) is 0 Å². The van der Waals surface area contributed by atoms with Crippen LogP contribution in [0.25, 0.3) is 0 Å². The second-order valence-electron chi connectivity index (χ2n) is 3.85. The number of benzene rings is 1. The molecule has 1 unspecified atom stereocenters. The first-order chi connectivity index (χ1) is 7.34. The summed E-state index contributed by atoms with van der Waals surface area (Å²) < 4.78 is 0. The minimum Gasteiger partial charge on any atom is -0.0827 e. The monoisotopic (exact) mass is 194 g/mol. The van der Waals surface area contributed by atoms with Crippen LogP contribution in [0.2, 0.25) is 0 Å². The molecule has 1 aliphatic rings. The van der Waals surface area contributed by atoms with Crippen molar-refractivity contribution in [3.05, 3.63) is 59.7 Å². The van der Waals surface area contributed by atoms with Crippen LogP contribution in [-0.2, 0) is 0 Å². The van der Waals surface area contributed by atoms with Gasteiger partial charge in [0.1, 0.15) is 0 Å². The summed E-state index contributed by atoms with van der Waals surface area (Å²) in [7, 11) is 0. The minimum atomic E-state index is 0.620. The van der Waals surface area contributed by atoms with Crippen molar-refractivity contribution in [3.8, 4) is 11.8 Å². The molecular weight excluding hydrogens is 180 g/mol. The Morgan fingerprint density at radius 1 is 1.13 bits per heavy atom. The summed E-state index contributed by atoms with van der Waals surface area (Å²) in [5, 5.41) is 0. The molecular formula is C15H14. The molecule has 0 saturated heterocycles. The minimum absolute atomic E-state index is 0.620. The summed E-state index contributed by atoms with van der Waals surface area (Å²) in [6.07, 6.45) is 7.67. The molecule has 0 heteroatoms. The first-order valence-corrected chi connectivity index (χ1v) is 5.30. The summed E-state index contributed by atoms with van der Waals surface area (Å²) in [6, 6.07) is 10.1. The van der Waals surface area contributed by atoms with E-state index in [4.69, 9.17) is 0 Å². The zero-order valence-corrected chi connectivity index (χ0v) is 8.90. The maximum absolute atomic E-state index is 3.19. The van der Waals surface area contributed by atoms with Crippen LogP contribution in [0.15, 0.2) is 54.1 Å². The highest BCUT2D eigenvalue weighted by Crippen LogP contribution is 2.15. The third kappa shape index (κ3) is 2.86. The molecule has 1 aliphatic carbocycles. The zero-order chi connectivity index (χ0) is 10.5. The van der Waals surface area contributed by atoms with Crippen molar-refractivity contribution in [2.45, 2.75) is 13.3 Å². The van der Waals surface area contributed by atoms with E-state index in [9.17, 15) is 0 Å². The molecule has 0 aliphatic heterocycles. The van der Waals surface area contributed by atoms with Crippen molar-refractivity contribution in [1.29, 1.82) is 0 Å². The topological polar surface area (TPSA) is 0 Å². The van der Waals surface area contributed by atoms with E-state index < -0.39 is 0 Å². The van der Waals surface area contributed by atoms with Gasteiger partial charge >= 0.3 is 0 Å². The normalized spacial score (nSPS) is 19.0. The van der Waals surface area contributed by atoms with Crippen LogP contribution < -0.4 is 0 Å². The van der Waals surface area contributed by atoms with Gasteiger partial charge in [0.15, 0.2) is 0 Å². The molecule has 0 heterocycles. The molecule has 1 aromatic rings. The van der Waals surface area contributed by atoms with Crippen LogP contribution in [0.3, 0.4) is 0 Å². The zero-order valence-electron chi connectivity index (χ0n) is 8.90. The molecule has 1 atom stereocenters. The Hall–Kier alpha value is -1.74. The second kappa shape index (κ2) is 4.66. The lowest BCUT2D eigenvalue weighted by Gasteiger charge is -2.07. The second-order valence-corrected chi connectivity index (χ2v) is 3.85. The molecule has 0 amide bonds. The summed E-state index contributed by atoms with van der Waals surface area (Å²) >= 11 is 0. The molecule has 74 valence electrons. The van der Waals surface area contributed by atoms with Gasteiger partial charge in [0.25, 0.3) is 0 Å². The van der Waals surface area contributed by atoms with Gasteiger partial charge in [-0.2, -0.15) is 0 Å². The Morgan fingerprint density at radius 3 is 2.67 bits per heavy atom. The van der Waals surface area contributed by atoms with E-state index in [-0.39, 0.29) is 0 Å². The molecule has 0 N–H and O–H groups in total. The van der Waals surface area contributed by atoms with Gasteiger partial charge in [-0.3, -0.25) is 0 Å². The summed E-state index contributed by atoms with van der Waals surface area (Å²) in [5.41, 5.74) is 2.21. The van der Waals surface area contributed by atoms with Crippen molar-refractivity contribution in [1.82, 2.24) is 0 Å². The molecule has 0 nitrogen and oxygen atoms in total. The van der Waals surface area contributed by atoms with E-state index >= 15 is 0 Å². The molecule has 0 radical (unpaired) electrons. The average Bonchev–Trinajstić information content (AvgIpc) is 2.28. The van der Waals surface area contributed by atoms with Crippen molar-refractivity contribution in [2.75, 3.05) is 0 Å². The van der Waals surface area contributed by atoms with Crippen LogP contribution in [0.1, 0.15) is 18.9 Å². The fraction of sp³-hybridized carbons (Fsp3) is 0.200. The molecule has 0 saturated carbocycles. The third-order valence-electron chi connectivity index (χ3n) is 2.39. The number of allylic oxidation sites excluding steroid dienone is 4. The van der Waals surface area contributed by atoms with Crippen LogP contribution in [-0.4, -0.2) is 0 Å². The third-order valence-corrected chi connectivity index (χ3v) is 2.39. The lowest BCUT2D eigenvalue weighted by Crippen LogP contribution is -1.93. The van der Waals surface area contributed by atoms with E-state index in [1.54, 1.807) is 0 Å². The van der Waals surface area contributed by atoms with Crippen LogP contribution in [0.5, 0.6) is 0 Å². The Bertz CT molecular complexity index is 438. The molecule has 1 aromatic carbocycles. The van der Waals surface area contributed by atoms with Gasteiger partial charge in [-0.15, -0.1) is 0 Å². The van der Waals surface area contributed by atoms with Gasteiger partial charge < -0.3 is 0 Å². The van der Waals surface area contributed by atoms with Crippen molar-refractivity contribution in [2.24, 2.45) is 5.92 Å². The number of hydrogen-bond acceptors (Lipinski definition) is 0. The summed E-state index contributed by atoms with van der Waals surface area (Å²) in [4.78, 5) is 0. The van der Waals surface area contributed by atoms with Gasteiger partial charge in [-0.05, 0) is 24.5 Å². The fourth-order valence-corrected chi connectivity index (χ4v) is 1.59. The standard InChI is InChI=1S/C15H14/c1-13-6-5-9-15(12-13)11-10-14-7-3-2-4-8-14/h2-5,7-9,12-13H,6H2,1H3. The van der Waals surface area contributed by atoms with E-state index in [2.05, 4.69) is 37.0 Å². The molecule has 0 fully saturated rings. The lowest BCUT2D eigenvalue weighted by molar-refractivity contribution is 0.733. The highest BCUT2D eigenvalue weighted by atomic mass is 14.0. The number of rotatable bonds is 0. The van der Waals surface area contributed by atoms with Gasteiger partial charge in [0, 0.05) is 11.1 Å². The van der Waals surface area contributed by atoms with Crippen molar-refractivity contribution in [3.63, 3.8) is 0 Å². The molecule has 15 heavy (non-hydrogen) atoms. The summed E-state index contributed by atoms with van der Waals surface area (Å²) in [6.45, 7) is 2.22. The predicted octanol–water partition coefficient (Wildman–Crippen LogP) is 3.56. The fourth-order valence-electron chi connectivity index (χ4n) is 1.59. The van der Waals surface area contributed by atoms with E-state index in [0.29, 0.717) is 5.92 Å². The first kappa shape index (κ1) is 9.80. The van der Waals surface area contributed by atoms with Crippen LogP contribution in [0, 0.1) is 17.8 Å². The quantitative estimate of drug-likeness (QED) is 0.554. The molecule has 0 spiro atoms. The summed E-state index contributed by atoms with van der Waals surface area (Å²) in [5.74, 6) is 6.98. The average molecular weight is 194 g/mol. The Balaban J connectivity index is 2.16. The van der Waals surface area contributed by atoms with E-state index in [1.807, 2.05) is 30.3 Å². The Labute approximate surface area is 91.3 Å². The van der Waals surface area contributed by atoms with Gasteiger partial charge in [0.05, 0.1) is 0 Å². The maximum Gasteiger partial charge on any atom is 0.0249 e. The number of hydrogen-bond donors (Lipinski definition) is 0. The van der Waals surface area contributed by atoms with E-state index in [0.717, 1.165) is 17.6 Å². The van der Waals surface area contributed by atoms with Gasteiger partial charge in [0.2, 0.25) is 0 Å². The lowest BCUT2D eigenvalue weighted by atomic mass is 9.98. The van der Waals surface area contributed by atoms with Gasteiger partial charge in [-0.1, -0.05) is 55.2 Å². The van der Waals surface area contributed by atoms with Crippen molar-refractivity contribution < 1.29 is 0 Å². The van der Waals surface area contributed by atoms with Crippen molar-refractivity contribution >= 4 is 0 Å². The molecule has 0 aromatic heterocycles. The highest BCUT2D eigenvalue weighted by molar-refractivity contribution is 5.46. The van der Waals surface area contributed by atoms with Crippen LogP contribution in [0.4, 0.5) is 0 Å². The Kier molecular flexibility index (Phi) is 3.05. The van der Waals surface area contributed by atoms with Gasteiger partial charge in [-0.25, -0.2) is 0 Å². The largest absolute Gasteiger partial charge is 0.0827 e. The SMILES string of the molecule is CC1C=C(C#Cc2ccccc2)C=CC1. The first-order valence-electron chi connectivity index (χ1n) is 5.30. The van der Waals surface area contributed by atoms with Crippen LogP contribution >= 0.6 is 0 Å². The molecule has 2 rings (SSSR count). The molecule has 0 bridgehead atoms. The predicted molar refractivity (Wildman–Crippen MR) is 64.3 cm³/mol. The Morgan fingerprint density at radius 2 is 1.93 bits per heavy atom. The highest BCUT2D eigenvalue weighted by Gasteiger charge is 2.00. The maximum atomic E-state index is 3.19. The smallest absolute Gasteiger partial charge is 0.0249 e.